The van der Waals surface area contributed by atoms with Gasteiger partial charge in [-0.25, -0.2) is 23.4 Å². The number of amides is 1. The van der Waals surface area contributed by atoms with Crippen molar-refractivity contribution >= 4 is 11.7 Å². The fourth-order valence-corrected chi connectivity index (χ4v) is 5.65. The van der Waals surface area contributed by atoms with Gasteiger partial charge in [-0.1, -0.05) is 0 Å². The van der Waals surface area contributed by atoms with Crippen LogP contribution in [0.3, 0.4) is 0 Å². The van der Waals surface area contributed by atoms with E-state index in [1.165, 1.54) is 19.2 Å². The Morgan fingerprint density at radius 2 is 1.95 bits per heavy atom. The zero-order chi connectivity index (χ0) is 28.3. The molecule has 0 saturated carbocycles. The van der Waals surface area contributed by atoms with Crippen LogP contribution >= 0.6 is 0 Å². The molecule has 2 aromatic heterocycles. The van der Waals surface area contributed by atoms with Crippen molar-refractivity contribution in [2.45, 2.75) is 57.4 Å². The summed E-state index contributed by atoms with van der Waals surface area (Å²) in [5.74, 6) is -0.590. The number of ether oxygens (including phenoxy) is 3. The third-order valence-electron chi connectivity index (χ3n) is 7.87. The molecule has 1 amide bonds. The lowest BCUT2D eigenvalue weighted by Crippen LogP contribution is -2.41. The van der Waals surface area contributed by atoms with Crippen LogP contribution in [0.1, 0.15) is 49.7 Å². The van der Waals surface area contributed by atoms with Gasteiger partial charge in [-0.2, -0.15) is 5.10 Å². The topological polar surface area (TPSA) is 94.8 Å². The van der Waals surface area contributed by atoms with E-state index in [0.29, 0.717) is 57.7 Å². The number of carbonyl (C=O) groups is 1. The molecule has 0 bridgehead atoms. The first-order valence-corrected chi connectivity index (χ1v) is 14.2. The monoisotopic (exact) mass is 568 g/mol. The van der Waals surface area contributed by atoms with Crippen molar-refractivity contribution < 1.29 is 27.8 Å². The van der Waals surface area contributed by atoms with E-state index in [0.717, 1.165) is 48.1 Å². The van der Waals surface area contributed by atoms with Gasteiger partial charge in [0, 0.05) is 70.4 Å². The van der Waals surface area contributed by atoms with Gasteiger partial charge in [0.25, 0.3) is 0 Å². The highest BCUT2D eigenvalue weighted by Crippen LogP contribution is 2.34. The molecule has 0 N–H and O–H groups in total. The Morgan fingerprint density at radius 3 is 2.71 bits per heavy atom. The smallest absolute Gasteiger partial charge is 0.248 e. The van der Waals surface area contributed by atoms with Gasteiger partial charge in [0.05, 0.1) is 24.1 Å². The Balaban J connectivity index is 1.25. The van der Waals surface area contributed by atoms with Crippen LogP contribution in [0.2, 0.25) is 0 Å². The van der Waals surface area contributed by atoms with E-state index in [9.17, 15) is 13.6 Å². The van der Waals surface area contributed by atoms with Gasteiger partial charge in [-0.05, 0) is 31.4 Å². The number of anilines is 1. The molecule has 41 heavy (non-hydrogen) atoms. The minimum absolute atomic E-state index is 0.0285. The Hall–Kier alpha value is -3.64. The van der Waals surface area contributed by atoms with Crippen LogP contribution in [-0.2, 0) is 27.2 Å². The summed E-state index contributed by atoms with van der Waals surface area (Å²) in [5, 5.41) is 4.60. The van der Waals surface area contributed by atoms with Crippen molar-refractivity contribution in [3.05, 3.63) is 53.6 Å². The van der Waals surface area contributed by atoms with E-state index < -0.39 is 11.6 Å². The second-order valence-corrected chi connectivity index (χ2v) is 10.7. The highest BCUT2D eigenvalue weighted by molar-refractivity contribution is 5.78. The first-order valence-electron chi connectivity index (χ1n) is 14.2. The van der Waals surface area contributed by atoms with Crippen molar-refractivity contribution in [3.63, 3.8) is 0 Å². The van der Waals surface area contributed by atoms with Gasteiger partial charge in [0.1, 0.15) is 30.4 Å². The molecule has 5 heterocycles. The predicted octanol–water partition coefficient (Wildman–Crippen LogP) is 3.90. The number of rotatable bonds is 7. The fraction of sp³-hybridized carbons (Fsp3) is 0.517. The van der Waals surface area contributed by atoms with E-state index in [1.807, 2.05) is 10.9 Å². The molecule has 3 aliphatic rings. The number of aromatic nitrogens is 4. The third kappa shape index (κ3) is 6.03. The van der Waals surface area contributed by atoms with Crippen LogP contribution in [0.5, 0.6) is 5.75 Å². The van der Waals surface area contributed by atoms with Crippen LogP contribution in [0.4, 0.5) is 14.6 Å². The summed E-state index contributed by atoms with van der Waals surface area (Å²) in [5.41, 5.74) is 3.18. The quantitative estimate of drug-likeness (QED) is 0.424. The number of benzene rings is 1. The molecule has 12 heteroatoms. The molecule has 0 aliphatic carbocycles. The fourth-order valence-electron chi connectivity index (χ4n) is 5.65. The van der Waals surface area contributed by atoms with Gasteiger partial charge in [-0.3, -0.25) is 4.79 Å². The van der Waals surface area contributed by atoms with Gasteiger partial charge in [0.2, 0.25) is 5.91 Å². The minimum atomic E-state index is -0.702. The lowest BCUT2D eigenvalue weighted by molar-refractivity contribution is -0.136. The van der Waals surface area contributed by atoms with Gasteiger partial charge in [0.15, 0.2) is 17.4 Å². The van der Waals surface area contributed by atoms with Crippen LogP contribution in [-0.4, -0.2) is 76.6 Å². The standard InChI is InChI=1S/C29H34F2N6O4/c1-39-18-26(38)36-12-9-23-24(17-36)33-28(19-15-32-37(16-19)27-4-2-3-13-40-27)29(34-23)35-10-7-21(8-11-35)41-25-6-5-20(30)14-22(25)31/h5-6,14-16,21,27H,2-4,7-13,17-18H2,1H3. The van der Waals surface area contributed by atoms with Crippen LogP contribution in [0.25, 0.3) is 11.3 Å². The molecule has 0 radical (unpaired) electrons. The zero-order valence-corrected chi connectivity index (χ0v) is 23.1. The van der Waals surface area contributed by atoms with E-state index in [2.05, 4.69) is 10.00 Å². The van der Waals surface area contributed by atoms with Gasteiger partial charge >= 0.3 is 0 Å². The van der Waals surface area contributed by atoms with Crippen molar-refractivity contribution in [1.82, 2.24) is 24.6 Å². The number of hydrogen-bond donors (Lipinski definition) is 0. The molecule has 2 fully saturated rings. The van der Waals surface area contributed by atoms with Gasteiger partial charge in [-0.15, -0.1) is 0 Å². The minimum Gasteiger partial charge on any atom is -0.487 e. The molecule has 2 saturated heterocycles. The normalized spacial score (nSPS) is 19.7. The van der Waals surface area contributed by atoms with Crippen molar-refractivity contribution in [2.75, 3.05) is 44.9 Å². The molecule has 1 atom stereocenters. The summed E-state index contributed by atoms with van der Waals surface area (Å²) in [4.78, 5) is 26.6. The summed E-state index contributed by atoms with van der Waals surface area (Å²) < 4.78 is 46.2. The number of carbonyl (C=O) groups excluding carboxylic acids is 1. The second kappa shape index (κ2) is 12.1. The maximum Gasteiger partial charge on any atom is 0.248 e. The lowest BCUT2D eigenvalue weighted by Gasteiger charge is -2.35. The Morgan fingerprint density at radius 1 is 1.10 bits per heavy atom. The Labute approximate surface area is 237 Å². The number of fused-ring (bicyclic) bond motifs is 1. The Kier molecular flexibility index (Phi) is 8.11. The number of hydrogen-bond acceptors (Lipinski definition) is 8. The molecule has 1 aromatic carbocycles. The first kappa shape index (κ1) is 27.5. The number of methoxy groups -OCH3 is 1. The average Bonchev–Trinajstić information content (AvgIpc) is 3.49. The number of nitrogens with zero attached hydrogens (tertiary/aromatic N) is 6. The summed E-state index contributed by atoms with van der Waals surface area (Å²) in [6.07, 6.45) is 8.38. The van der Waals surface area contributed by atoms with Crippen LogP contribution in [0, 0.1) is 11.6 Å². The van der Waals surface area contributed by atoms with E-state index in [4.69, 9.17) is 24.2 Å². The maximum atomic E-state index is 14.2. The molecule has 3 aliphatic heterocycles. The number of halogens is 2. The summed E-state index contributed by atoms with van der Waals surface area (Å²) >= 11 is 0. The van der Waals surface area contributed by atoms with Crippen molar-refractivity contribution in [1.29, 1.82) is 0 Å². The first-order chi connectivity index (χ1) is 20.0. The van der Waals surface area contributed by atoms with Crippen LogP contribution < -0.4 is 9.64 Å². The van der Waals surface area contributed by atoms with Crippen molar-refractivity contribution in [2.24, 2.45) is 0 Å². The summed E-state index contributed by atoms with van der Waals surface area (Å²) in [7, 11) is 1.51. The molecule has 0 spiro atoms. The summed E-state index contributed by atoms with van der Waals surface area (Å²) in [6, 6.07) is 3.37. The predicted molar refractivity (Wildman–Crippen MR) is 145 cm³/mol. The van der Waals surface area contributed by atoms with Gasteiger partial charge < -0.3 is 24.0 Å². The largest absolute Gasteiger partial charge is 0.487 e. The van der Waals surface area contributed by atoms with E-state index >= 15 is 0 Å². The molecule has 218 valence electrons. The average molecular weight is 569 g/mol. The SMILES string of the molecule is COCC(=O)N1CCc2nc(N3CCC(Oc4ccc(F)cc4F)CC3)c(-c3cnn(C4CCCCO4)c3)nc2C1. The second-order valence-electron chi connectivity index (χ2n) is 10.7. The lowest BCUT2D eigenvalue weighted by atomic mass is 10.1. The molecule has 6 rings (SSSR count). The van der Waals surface area contributed by atoms with Crippen LogP contribution in [0.15, 0.2) is 30.6 Å². The third-order valence-corrected chi connectivity index (χ3v) is 7.87. The highest BCUT2D eigenvalue weighted by Gasteiger charge is 2.30. The molecule has 3 aromatic rings. The molecular weight excluding hydrogens is 534 g/mol. The zero-order valence-electron chi connectivity index (χ0n) is 23.1. The van der Waals surface area contributed by atoms with E-state index in [-0.39, 0.29) is 30.6 Å². The molecule has 10 nitrogen and oxygen atoms in total. The van der Waals surface area contributed by atoms with Crippen molar-refractivity contribution in [3.8, 4) is 17.0 Å². The summed E-state index contributed by atoms with van der Waals surface area (Å²) in [6.45, 7) is 2.93. The number of piperidine rings is 1. The molecule has 1 unspecified atom stereocenters. The maximum absolute atomic E-state index is 14.2. The highest BCUT2D eigenvalue weighted by atomic mass is 19.1. The van der Waals surface area contributed by atoms with E-state index in [1.54, 1.807) is 11.1 Å². The Bertz CT molecular complexity index is 1390. The molecular formula is C29H34F2N6O4.